The van der Waals surface area contributed by atoms with Crippen LogP contribution in [0.2, 0.25) is 5.02 Å². The monoisotopic (exact) mass is 461 g/mol. The summed E-state index contributed by atoms with van der Waals surface area (Å²) in [6, 6.07) is 13.0. The van der Waals surface area contributed by atoms with Crippen LogP contribution < -0.4 is 0 Å². The van der Waals surface area contributed by atoms with Crippen molar-refractivity contribution in [3.63, 3.8) is 0 Å². The first-order valence-corrected chi connectivity index (χ1v) is 11.6. The Kier molecular flexibility index (Phi) is 5.85. The third-order valence-electron chi connectivity index (χ3n) is 6.48. The summed E-state index contributed by atoms with van der Waals surface area (Å²) in [6.45, 7) is 6.61. The number of ether oxygens (including phenoxy) is 1. The first-order valence-electron chi connectivity index (χ1n) is 11.2. The third kappa shape index (κ3) is 4.35. The molecule has 4 heterocycles. The van der Waals surface area contributed by atoms with Gasteiger partial charge in [-0.15, -0.1) is 0 Å². The summed E-state index contributed by atoms with van der Waals surface area (Å²) in [4.78, 5) is 14.0. The van der Waals surface area contributed by atoms with Crippen LogP contribution in [0.25, 0.3) is 22.2 Å². The Balaban J connectivity index is 1.62. The highest BCUT2D eigenvalue weighted by molar-refractivity contribution is 6.30. The first kappa shape index (κ1) is 21.9. The molecule has 1 aliphatic rings. The highest BCUT2D eigenvalue weighted by atomic mass is 35.5. The topological polar surface area (TPSA) is 47.9 Å². The van der Waals surface area contributed by atoms with Gasteiger partial charge in [-0.2, -0.15) is 0 Å². The van der Waals surface area contributed by atoms with Gasteiger partial charge in [0.05, 0.1) is 6.10 Å². The predicted molar refractivity (Wildman–Crippen MR) is 129 cm³/mol. The molecule has 4 nitrogen and oxygen atoms in total. The Bertz CT molecular complexity index is 1360. The van der Waals surface area contributed by atoms with E-state index in [0.717, 1.165) is 52.0 Å². The van der Waals surface area contributed by atoms with Crippen LogP contribution in [0.4, 0.5) is 4.39 Å². The van der Waals surface area contributed by atoms with Crippen LogP contribution in [0.1, 0.15) is 53.1 Å². The second kappa shape index (κ2) is 8.81. The molecule has 2 atom stereocenters. The molecule has 4 aromatic rings. The van der Waals surface area contributed by atoms with E-state index in [-0.39, 0.29) is 17.8 Å². The van der Waals surface area contributed by atoms with Gasteiger partial charge in [0.1, 0.15) is 5.82 Å². The van der Waals surface area contributed by atoms with E-state index >= 15 is 0 Å². The number of pyridine rings is 3. The Labute approximate surface area is 197 Å². The lowest BCUT2D eigenvalue weighted by molar-refractivity contribution is 0.00461. The summed E-state index contributed by atoms with van der Waals surface area (Å²) in [5.41, 5.74) is 6.93. The standard InChI is InChI=1S/C27H25ClFN3O/c1-15-10-23-22(21-5-4-20(28)13-24(21)29)14-25(32-27(23)31-17(15)3)18-7-9-33-26(12-18)19-6-8-30-16(2)11-19/h4-6,8,10-11,13-14,18,26H,7,9,12H2,1-3H3/t18-,26-/m1/s1. The average Bonchev–Trinajstić information content (AvgIpc) is 2.80. The van der Waals surface area contributed by atoms with E-state index in [1.54, 1.807) is 12.1 Å². The van der Waals surface area contributed by atoms with Gasteiger partial charge >= 0.3 is 0 Å². The number of halogens is 2. The van der Waals surface area contributed by atoms with E-state index < -0.39 is 0 Å². The van der Waals surface area contributed by atoms with Gasteiger partial charge in [0.25, 0.3) is 0 Å². The number of hydrogen-bond acceptors (Lipinski definition) is 4. The summed E-state index contributed by atoms with van der Waals surface area (Å²) in [5, 5.41) is 1.22. The lowest BCUT2D eigenvalue weighted by atomic mass is 9.87. The van der Waals surface area contributed by atoms with Crippen molar-refractivity contribution in [2.75, 3.05) is 6.61 Å². The minimum atomic E-state index is -0.351. The number of aromatic nitrogens is 3. The number of fused-ring (bicyclic) bond motifs is 1. The number of benzene rings is 1. The molecule has 3 aromatic heterocycles. The fraction of sp³-hybridized carbons (Fsp3) is 0.296. The summed E-state index contributed by atoms with van der Waals surface area (Å²) in [5.74, 6) is -0.171. The van der Waals surface area contributed by atoms with E-state index in [1.807, 2.05) is 45.2 Å². The molecule has 1 saturated heterocycles. The van der Waals surface area contributed by atoms with Crippen LogP contribution >= 0.6 is 11.6 Å². The molecule has 33 heavy (non-hydrogen) atoms. The molecule has 0 aliphatic carbocycles. The molecule has 0 N–H and O–H groups in total. The van der Waals surface area contributed by atoms with Gasteiger partial charge in [0, 0.05) is 51.8 Å². The molecule has 1 fully saturated rings. The fourth-order valence-electron chi connectivity index (χ4n) is 4.56. The van der Waals surface area contributed by atoms with Crippen molar-refractivity contribution in [2.45, 2.75) is 45.6 Å². The highest BCUT2D eigenvalue weighted by Gasteiger charge is 2.27. The minimum absolute atomic E-state index is 0.0219. The van der Waals surface area contributed by atoms with Crippen molar-refractivity contribution in [3.05, 3.63) is 87.7 Å². The second-order valence-corrected chi connectivity index (χ2v) is 9.23. The largest absolute Gasteiger partial charge is 0.373 e. The molecule has 6 heteroatoms. The first-order chi connectivity index (χ1) is 15.9. The molecule has 0 radical (unpaired) electrons. The zero-order chi connectivity index (χ0) is 23.1. The second-order valence-electron chi connectivity index (χ2n) is 8.79. The smallest absolute Gasteiger partial charge is 0.160 e. The normalized spacial score (nSPS) is 18.6. The van der Waals surface area contributed by atoms with Gasteiger partial charge in [-0.3, -0.25) is 4.98 Å². The van der Waals surface area contributed by atoms with E-state index in [0.29, 0.717) is 22.8 Å². The van der Waals surface area contributed by atoms with Gasteiger partial charge in [0.15, 0.2) is 5.65 Å². The summed E-state index contributed by atoms with van der Waals surface area (Å²) in [7, 11) is 0. The maximum Gasteiger partial charge on any atom is 0.160 e. The van der Waals surface area contributed by atoms with Crippen molar-refractivity contribution in [1.82, 2.24) is 15.0 Å². The van der Waals surface area contributed by atoms with Crippen LogP contribution in [0.15, 0.2) is 48.7 Å². The molecule has 168 valence electrons. The SMILES string of the molecule is Cc1cc([C@H]2C[C@H](c3cc(-c4ccc(Cl)cc4F)c4cc(C)c(C)nc4n3)CCO2)ccn1. The van der Waals surface area contributed by atoms with Gasteiger partial charge in [-0.1, -0.05) is 11.6 Å². The van der Waals surface area contributed by atoms with Crippen molar-refractivity contribution in [3.8, 4) is 11.1 Å². The predicted octanol–water partition coefficient (Wildman–Crippen LogP) is 7.04. The number of aryl methyl sites for hydroxylation is 3. The number of rotatable bonds is 3. The molecule has 0 unspecified atom stereocenters. The Morgan fingerprint density at radius 1 is 1.00 bits per heavy atom. The minimum Gasteiger partial charge on any atom is -0.373 e. The van der Waals surface area contributed by atoms with Crippen LogP contribution in [0, 0.1) is 26.6 Å². The molecule has 1 aromatic carbocycles. The van der Waals surface area contributed by atoms with Gasteiger partial charge < -0.3 is 4.74 Å². The van der Waals surface area contributed by atoms with Gasteiger partial charge in [0.2, 0.25) is 0 Å². The zero-order valence-corrected chi connectivity index (χ0v) is 19.7. The molecule has 5 rings (SSSR count). The molecule has 1 aliphatic heterocycles. The highest BCUT2D eigenvalue weighted by Crippen LogP contribution is 2.40. The Morgan fingerprint density at radius 3 is 2.64 bits per heavy atom. The molecule has 0 saturated carbocycles. The maximum absolute atomic E-state index is 15.0. The van der Waals surface area contributed by atoms with E-state index in [9.17, 15) is 4.39 Å². The van der Waals surface area contributed by atoms with E-state index in [1.165, 1.54) is 6.07 Å². The van der Waals surface area contributed by atoms with Crippen molar-refractivity contribution in [2.24, 2.45) is 0 Å². The summed E-state index contributed by atoms with van der Waals surface area (Å²) < 4.78 is 21.1. The lowest BCUT2D eigenvalue weighted by Crippen LogP contribution is -2.20. The molecule has 0 spiro atoms. The van der Waals surface area contributed by atoms with Crippen molar-refractivity contribution in [1.29, 1.82) is 0 Å². The van der Waals surface area contributed by atoms with Crippen LogP contribution in [0.3, 0.4) is 0 Å². The van der Waals surface area contributed by atoms with Crippen LogP contribution in [-0.4, -0.2) is 21.6 Å². The lowest BCUT2D eigenvalue weighted by Gasteiger charge is -2.30. The van der Waals surface area contributed by atoms with E-state index in [2.05, 4.69) is 11.1 Å². The van der Waals surface area contributed by atoms with Crippen molar-refractivity contribution >= 4 is 22.6 Å². The van der Waals surface area contributed by atoms with Crippen LogP contribution in [0.5, 0.6) is 0 Å². The molecular formula is C27H25ClFN3O. The maximum atomic E-state index is 15.0. The zero-order valence-electron chi connectivity index (χ0n) is 18.9. The van der Waals surface area contributed by atoms with E-state index in [4.69, 9.17) is 26.3 Å². The van der Waals surface area contributed by atoms with Crippen molar-refractivity contribution < 1.29 is 9.13 Å². The third-order valence-corrected chi connectivity index (χ3v) is 6.71. The number of hydrogen-bond donors (Lipinski definition) is 0. The van der Waals surface area contributed by atoms with Gasteiger partial charge in [-0.05, 0) is 92.8 Å². The van der Waals surface area contributed by atoms with Crippen LogP contribution in [-0.2, 0) is 4.74 Å². The molecule has 0 bridgehead atoms. The average molecular weight is 462 g/mol. The Hall–Kier alpha value is -2.89. The molecule has 0 amide bonds. The quantitative estimate of drug-likeness (QED) is 0.328. The fourth-order valence-corrected chi connectivity index (χ4v) is 4.72. The summed E-state index contributed by atoms with van der Waals surface area (Å²) in [6.07, 6.45) is 3.45. The number of nitrogens with zero attached hydrogens (tertiary/aromatic N) is 3. The van der Waals surface area contributed by atoms with Gasteiger partial charge in [-0.25, -0.2) is 14.4 Å². The molecular weight excluding hydrogens is 437 g/mol. The summed E-state index contributed by atoms with van der Waals surface area (Å²) >= 11 is 6.02. The Morgan fingerprint density at radius 2 is 1.85 bits per heavy atom.